The zero-order chi connectivity index (χ0) is 23.7. The van der Waals surface area contributed by atoms with Crippen LogP contribution in [-0.2, 0) is 11.2 Å². The van der Waals surface area contributed by atoms with E-state index in [1.54, 1.807) is 19.2 Å². The minimum Gasteiger partial charge on any atom is -0.486 e. The fraction of sp³-hybridized carbons (Fsp3) is 0.154. The molecule has 1 aliphatic rings. The number of hydrogen-bond acceptors (Lipinski definition) is 6. The van der Waals surface area contributed by atoms with Crippen LogP contribution >= 0.6 is 22.9 Å². The fourth-order valence-corrected chi connectivity index (χ4v) is 4.98. The Morgan fingerprint density at radius 3 is 2.82 bits per heavy atom. The summed E-state index contributed by atoms with van der Waals surface area (Å²) in [5.41, 5.74) is 4.13. The van der Waals surface area contributed by atoms with Crippen molar-refractivity contribution in [3.63, 3.8) is 0 Å². The van der Waals surface area contributed by atoms with Crippen molar-refractivity contribution in [1.29, 1.82) is 0 Å². The van der Waals surface area contributed by atoms with Crippen LogP contribution in [0.4, 0.5) is 0 Å². The van der Waals surface area contributed by atoms with Crippen molar-refractivity contribution in [3.8, 4) is 16.2 Å². The first-order chi connectivity index (χ1) is 16.5. The minimum absolute atomic E-state index is 0.0457. The number of benzene rings is 2. The Morgan fingerprint density at radius 1 is 1.21 bits per heavy atom. The lowest BCUT2D eigenvalue weighted by Crippen LogP contribution is -2.33. The third-order valence-electron chi connectivity index (χ3n) is 5.47. The van der Waals surface area contributed by atoms with Crippen molar-refractivity contribution < 1.29 is 14.3 Å². The molecule has 2 aromatic carbocycles. The molecule has 2 aromatic heterocycles. The second-order valence-electron chi connectivity index (χ2n) is 7.97. The van der Waals surface area contributed by atoms with Crippen LogP contribution in [0.5, 0.6) is 5.75 Å². The number of amides is 1. The monoisotopic (exact) mass is 489 g/mol. The number of aromatic nitrogens is 2. The molecule has 8 heteroatoms. The number of fused-ring (bicyclic) bond motifs is 2. The molecule has 0 saturated carbocycles. The molecule has 1 N–H and O–H groups in total. The van der Waals surface area contributed by atoms with Crippen molar-refractivity contribution in [1.82, 2.24) is 15.3 Å². The van der Waals surface area contributed by atoms with Gasteiger partial charge in [-0.25, -0.2) is 4.98 Å². The second-order valence-corrected chi connectivity index (χ2v) is 9.46. The molecule has 4 aromatic rings. The van der Waals surface area contributed by atoms with E-state index in [9.17, 15) is 9.59 Å². The first-order valence-corrected chi connectivity index (χ1v) is 11.9. The predicted octanol–water partition coefficient (Wildman–Crippen LogP) is 5.35. The largest absolute Gasteiger partial charge is 0.486 e. The van der Waals surface area contributed by atoms with Crippen LogP contribution in [0.25, 0.3) is 27.6 Å². The zero-order valence-corrected chi connectivity index (χ0v) is 19.8. The van der Waals surface area contributed by atoms with Gasteiger partial charge in [-0.3, -0.25) is 14.6 Å². The molecule has 1 unspecified atom stereocenters. The van der Waals surface area contributed by atoms with Crippen molar-refractivity contribution >= 4 is 51.7 Å². The first kappa shape index (κ1) is 22.3. The fourth-order valence-electron chi connectivity index (χ4n) is 3.81. The molecule has 0 saturated heterocycles. The third-order valence-corrected chi connectivity index (χ3v) is 6.98. The van der Waals surface area contributed by atoms with Gasteiger partial charge in [0, 0.05) is 22.9 Å². The van der Waals surface area contributed by atoms with Crippen LogP contribution in [0.1, 0.15) is 27.9 Å². The number of nitrogens with one attached hydrogen (secondary N) is 1. The molecule has 1 amide bonds. The molecule has 34 heavy (non-hydrogen) atoms. The van der Waals surface area contributed by atoms with E-state index in [4.69, 9.17) is 16.3 Å². The average molecular weight is 490 g/mol. The van der Waals surface area contributed by atoms with Crippen molar-refractivity contribution in [2.24, 2.45) is 0 Å². The summed E-state index contributed by atoms with van der Waals surface area (Å²) in [6.45, 7) is 1.91. The number of ether oxygens (including phenoxy) is 1. The van der Waals surface area contributed by atoms with Gasteiger partial charge in [0.1, 0.15) is 11.9 Å². The summed E-state index contributed by atoms with van der Waals surface area (Å²) >= 11 is 7.93. The molecule has 1 aliphatic heterocycles. The van der Waals surface area contributed by atoms with Crippen LogP contribution in [0.3, 0.4) is 0 Å². The molecule has 0 aliphatic carbocycles. The Bertz CT molecular complexity index is 1450. The van der Waals surface area contributed by atoms with Crippen LogP contribution < -0.4 is 10.1 Å². The lowest BCUT2D eigenvalue weighted by molar-refractivity contribution is -0.116. The molecular formula is C26H20ClN3O3S. The summed E-state index contributed by atoms with van der Waals surface area (Å²) in [6, 6.07) is 15.2. The Morgan fingerprint density at radius 2 is 2.03 bits per heavy atom. The van der Waals surface area contributed by atoms with Gasteiger partial charge >= 0.3 is 0 Å². The Hall–Kier alpha value is -3.55. The highest BCUT2D eigenvalue weighted by atomic mass is 35.5. The van der Waals surface area contributed by atoms with Gasteiger partial charge in [-0.05, 0) is 55.0 Å². The van der Waals surface area contributed by atoms with Crippen molar-refractivity contribution in [3.05, 3.63) is 82.0 Å². The maximum atomic E-state index is 12.3. The topological polar surface area (TPSA) is 81.2 Å². The van der Waals surface area contributed by atoms with E-state index >= 15 is 0 Å². The van der Waals surface area contributed by atoms with E-state index in [2.05, 4.69) is 15.3 Å². The molecule has 6 nitrogen and oxygen atoms in total. The van der Waals surface area contributed by atoms with Gasteiger partial charge in [0.2, 0.25) is 5.91 Å². The van der Waals surface area contributed by atoms with E-state index in [-0.39, 0.29) is 17.8 Å². The number of rotatable bonds is 6. The van der Waals surface area contributed by atoms with Gasteiger partial charge in [-0.1, -0.05) is 23.7 Å². The van der Waals surface area contributed by atoms with Crippen LogP contribution in [0.2, 0.25) is 5.02 Å². The van der Waals surface area contributed by atoms with Gasteiger partial charge < -0.3 is 10.1 Å². The van der Waals surface area contributed by atoms with E-state index < -0.39 is 0 Å². The van der Waals surface area contributed by atoms with E-state index in [1.165, 1.54) is 17.4 Å². The van der Waals surface area contributed by atoms with Crippen LogP contribution in [0.15, 0.2) is 60.8 Å². The number of nitrogens with zero attached hydrogens (tertiary/aromatic N) is 2. The average Bonchev–Trinajstić information content (AvgIpc) is 3.49. The van der Waals surface area contributed by atoms with E-state index in [0.29, 0.717) is 34.3 Å². The van der Waals surface area contributed by atoms with E-state index in [1.807, 2.05) is 48.5 Å². The number of carbonyl (C=O) groups is 2. The van der Waals surface area contributed by atoms with Crippen LogP contribution in [-0.4, -0.2) is 34.3 Å². The highest BCUT2D eigenvalue weighted by molar-refractivity contribution is 7.17. The summed E-state index contributed by atoms with van der Waals surface area (Å²) in [4.78, 5) is 34.4. The molecular weight excluding hydrogens is 470 g/mol. The second kappa shape index (κ2) is 9.37. The van der Waals surface area contributed by atoms with Crippen molar-refractivity contribution in [2.45, 2.75) is 19.4 Å². The Labute approximate surface area is 205 Å². The number of para-hydroxylation sites is 2. The Balaban J connectivity index is 1.21. The maximum Gasteiger partial charge on any atom is 0.244 e. The van der Waals surface area contributed by atoms with Crippen LogP contribution in [0, 0.1) is 0 Å². The number of Topliss-reactive ketones (excluding diaryl/α,β-unsaturated/α-hetero) is 1. The lowest BCUT2D eigenvalue weighted by atomic mass is 10.1. The molecule has 0 spiro atoms. The molecule has 1 atom stereocenters. The summed E-state index contributed by atoms with van der Waals surface area (Å²) < 4.78 is 5.99. The predicted molar refractivity (Wildman–Crippen MR) is 134 cm³/mol. The van der Waals surface area contributed by atoms with Crippen molar-refractivity contribution in [2.75, 3.05) is 6.54 Å². The molecule has 3 heterocycles. The normalized spacial score (nSPS) is 14.8. The molecule has 0 fully saturated rings. The zero-order valence-electron chi connectivity index (χ0n) is 18.2. The molecule has 0 bridgehead atoms. The summed E-state index contributed by atoms with van der Waals surface area (Å²) in [5, 5.41) is 3.39. The number of ketones is 1. The SMILES string of the molecule is CC(=O)c1ccc(-c2cc(Cl)c3c(c2)CC(CNC(=O)/C=C/c2cnc4ccccc4n2)O3)s1. The van der Waals surface area contributed by atoms with Gasteiger partial charge in [0.05, 0.1) is 39.4 Å². The number of thiophene rings is 1. The first-order valence-electron chi connectivity index (χ1n) is 10.7. The number of carbonyl (C=O) groups excluding carboxylic acids is 2. The lowest BCUT2D eigenvalue weighted by Gasteiger charge is -2.11. The van der Waals surface area contributed by atoms with Gasteiger partial charge in [0.25, 0.3) is 0 Å². The van der Waals surface area contributed by atoms with E-state index in [0.717, 1.165) is 27.0 Å². The molecule has 0 radical (unpaired) electrons. The van der Waals surface area contributed by atoms with Gasteiger partial charge in [-0.2, -0.15) is 0 Å². The Kier molecular flexibility index (Phi) is 6.13. The molecule has 170 valence electrons. The summed E-state index contributed by atoms with van der Waals surface area (Å²) in [5.74, 6) is 0.455. The standard InChI is InChI=1S/C26H20ClN3O3S/c1-15(31)23-7-8-24(34-23)16-10-17-11-19(33-26(17)20(27)12-16)14-29-25(32)9-6-18-13-28-21-4-2-3-5-22(21)30-18/h2-10,12-13,19H,11,14H2,1H3,(H,29,32)/b9-6+. The highest BCUT2D eigenvalue weighted by Gasteiger charge is 2.26. The smallest absolute Gasteiger partial charge is 0.244 e. The van der Waals surface area contributed by atoms with Gasteiger partial charge in [-0.15, -0.1) is 11.3 Å². The maximum absolute atomic E-state index is 12.3. The summed E-state index contributed by atoms with van der Waals surface area (Å²) in [6.07, 6.45) is 5.13. The minimum atomic E-state index is -0.239. The molecule has 5 rings (SSSR count). The quantitative estimate of drug-likeness (QED) is 0.292. The number of halogens is 1. The summed E-state index contributed by atoms with van der Waals surface area (Å²) in [7, 11) is 0. The third kappa shape index (κ3) is 4.71. The highest BCUT2D eigenvalue weighted by Crippen LogP contribution is 2.41. The number of hydrogen-bond donors (Lipinski definition) is 1. The van der Waals surface area contributed by atoms with Gasteiger partial charge in [0.15, 0.2) is 5.78 Å².